The highest BCUT2D eigenvalue weighted by Crippen LogP contribution is 2.01. The van der Waals surface area contributed by atoms with Crippen LogP contribution in [0.5, 0.6) is 0 Å². The van der Waals surface area contributed by atoms with Crippen molar-refractivity contribution < 1.29 is 4.74 Å². The number of nitrogens with two attached hydrogens (primary N) is 2. The second kappa shape index (κ2) is 9.13. The molecule has 0 amide bonds. The molecule has 96 valence electrons. The van der Waals surface area contributed by atoms with Crippen LogP contribution in [0, 0.1) is 0 Å². The summed E-state index contributed by atoms with van der Waals surface area (Å²) in [6.45, 7) is 3.62. The molecule has 1 aromatic rings. The van der Waals surface area contributed by atoms with Gasteiger partial charge in [0.05, 0.1) is 6.61 Å². The number of ether oxygens (including phenoxy) is 1. The minimum atomic E-state index is 0.136. The van der Waals surface area contributed by atoms with Crippen molar-refractivity contribution in [1.82, 2.24) is 5.32 Å². The molecule has 0 aliphatic carbocycles. The number of rotatable bonds is 9. The number of nitrogens with one attached hydrogen (secondary N) is 1. The van der Waals surface area contributed by atoms with Crippen molar-refractivity contribution in [1.29, 1.82) is 0 Å². The Bertz CT molecular complexity index is 279. The SMILES string of the molecule is NCCNCC(N)CCOCc1ccccc1. The van der Waals surface area contributed by atoms with Crippen molar-refractivity contribution in [3.8, 4) is 0 Å². The van der Waals surface area contributed by atoms with Crippen LogP contribution in [0.2, 0.25) is 0 Å². The molecule has 1 rings (SSSR count). The smallest absolute Gasteiger partial charge is 0.0716 e. The molecule has 0 aromatic heterocycles. The van der Waals surface area contributed by atoms with Gasteiger partial charge in [0.15, 0.2) is 0 Å². The molecule has 4 heteroatoms. The Morgan fingerprint density at radius 1 is 1.24 bits per heavy atom. The van der Waals surface area contributed by atoms with Gasteiger partial charge in [-0.1, -0.05) is 30.3 Å². The maximum absolute atomic E-state index is 5.91. The van der Waals surface area contributed by atoms with E-state index in [9.17, 15) is 0 Å². The molecule has 1 atom stereocenters. The van der Waals surface area contributed by atoms with Gasteiger partial charge >= 0.3 is 0 Å². The fraction of sp³-hybridized carbons (Fsp3) is 0.538. The fourth-order valence-corrected chi connectivity index (χ4v) is 1.49. The van der Waals surface area contributed by atoms with Gasteiger partial charge in [-0.25, -0.2) is 0 Å². The van der Waals surface area contributed by atoms with Crippen molar-refractivity contribution in [2.45, 2.75) is 19.1 Å². The summed E-state index contributed by atoms with van der Waals surface area (Å²) in [4.78, 5) is 0. The van der Waals surface area contributed by atoms with Crippen molar-refractivity contribution in [3.05, 3.63) is 35.9 Å². The minimum absolute atomic E-state index is 0.136. The second-order valence-corrected chi connectivity index (χ2v) is 4.08. The lowest BCUT2D eigenvalue weighted by atomic mass is 10.2. The van der Waals surface area contributed by atoms with Gasteiger partial charge in [0.2, 0.25) is 0 Å². The summed E-state index contributed by atoms with van der Waals surface area (Å²) in [5.41, 5.74) is 12.5. The van der Waals surface area contributed by atoms with E-state index in [1.54, 1.807) is 0 Å². The Morgan fingerprint density at radius 2 is 2.00 bits per heavy atom. The number of hydrogen-bond acceptors (Lipinski definition) is 4. The molecule has 0 fully saturated rings. The second-order valence-electron chi connectivity index (χ2n) is 4.08. The summed E-state index contributed by atoms with van der Waals surface area (Å²) in [5, 5.41) is 3.19. The summed E-state index contributed by atoms with van der Waals surface area (Å²) in [6, 6.07) is 10.3. The zero-order chi connectivity index (χ0) is 12.3. The molecular formula is C13H23N3O. The Labute approximate surface area is 103 Å². The van der Waals surface area contributed by atoms with E-state index in [1.165, 1.54) is 5.56 Å². The lowest BCUT2D eigenvalue weighted by Gasteiger charge is -2.12. The highest BCUT2D eigenvalue weighted by Gasteiger charge is 2.01. The Hall–Kier alpha value is -0.940. The van der Waals surface area contributed by atoms with E-state index in [4.69, 9.17) is 16.2 Å². The zero-order valence-corrected chi connectivity index (χ0v) is 10.3. The van der Waals surface area contributed by atoms with E-state index < -0.39 is 0 Å². The minimum Gasteiger partial charge on any atom is -0.377 e. The van der Waals surface area contributed by atoms with Crippen LogP contribution in [-0.2, 0) is 11.3 Å². The van der Waals surface area contributed by atoms with Crippen LogP contribution < -0.4 is 16.8 Å². The van der Waals surface area contributed by atoms with Gasteiger partial charge < -0.3 is 21.5 Å². The molecule has 1 aromatic carbocycles. The average molecular weight is 237 g/mol. The van der Waals surface area contributed by atoms with Crippen LogP contribution in [0.15, 0.2) is 30.3 Å². The van der Waals surface area contributed by atoms with Gasteiger partial charge in [0.1, 0.15) is 0 Å². The molecule has 0 bridgehead atoms. The van der Waals surface area contributed by atoms with E-state index in [2.05, 4.69) is 17.4 Å². The summed E-state index contributed by atoms with van der Waals surface area (Å²) in [7, 11) is 0. The van der Waals surface area contributed by atoms with Gasteiger partial charge in [-0.15, -0.1) is 0 Å². The number of hydrogen-bond donors (Lipinski definition) is 3. The maximum Gasteiger partial charge on any atom is 0.0716 e. The molecule has 0 saturated carbocycles. The largest absolute Gasteiger partial charge is 0.377 e. The van der Waals surface area contributed by atoms with Crippen molar-refractivity contribution in [3.63, 3.8) is 0 Å². The van der Waals surface area contributed by atoms with Crippen LogP contribution in [0.4, 0.5) is 0 Å². The third-order valence-electron chi connectivity index (χ3n) is 2.47. The van der Waals surface area contributed by atoms with E-state index in [0.29, 0.717) is 19.8 Å². The average Bonchev–Trinajstić information content (AvgIpc) is 2.36. The van der Waals surface area contributed by atoms with Crippen molar-refractivity contribution in [2.24, 2.45) is 11.5 Å². The van der Waals surface area contributed by atoms with E-state index in [0.717, 1.165) is 19.5 Å². The van der Waals surface area contributed by atoms with Crippen LogP contribution in [0.25, 0.3) is 0 Å². The van der Waals surface area contributed by atoms with Gasteiger partial charge in [0.25, 0.3) is 0 Å². The molecule has 0 aliphatic rings. The highest BCUT2D eigenvalue weighted by molar-refractivity contribution is 5.13. The quantitative estimate of drug-likeness (QED) is 0.546. The molecule has 17 heavy (non-hydrogen) atoms. The summed E-state index contributed by atoms with van der Waals surface area (Å²) in [6.07, 6.45) is 0.865. The molecule has 0 aliphatic heterocycles. The van der Waals surface area contributed by atoms with Crippen LogP contribution in [0.1, 0.15) is 12.0 Å². The monoisotopic (exact) mass is 237 g/mol. The van der Waals surface area contributed by atoms with Crippen LogP contribution in [-0.4, -0.2) is 32.3 Å². The van der Waals surface area contributed by atoms with Crippen molar-refractivity contribution >= 4 is 0 Å². The molecule has 5 N–H and O–H groups in total. The number of benzene rings is 1. The van der Waals surface area contributed by atoms with Gasteiger partial charge in [-0.05, 0) is 12.0 Å². The molecule has 0 radical (unpaired) electrons. The molecule has 1 unspecified atom stereocenters. The van der Waals surface area contributed by atoms with E-state index in [-0.39, 0.29) is 6.04 Å². The third-order valence-corrected chi connectivity index (χ3v) is 2.47. The summed E-state index contributed by atoms with van der Waals surface area (Å²) >= 11 is 0. The van der Waals surface area contributed by atoms with Gasteiger partial charge in [-0.3, -0.25) is 0 Å². The Kier molecular flexibility index (Phi) is 7.58. The van der Waals surface area contributed by atoms with Gasteiger partial charge in [0, 0.05) is 32.3 Å². The molecule has 0 heterocycles. The van der Waals surface area contributed by atoms with Crippen LogP contribution >= 0.6 is 0 Å². The first-order chi connectivity index (χ1) is 8.33. The maximum atomic E-state index is 5.91. The third kappa shape index (κ3) is 7.07. The first-order valence-corrected chi connectivity index (χ1v) is 6.11. The molecular weight excluding hydrogens is 214 g/mol. The highest BCUT2D eigenvalue weighted by atomic mass is 16.5. The zero-order valence-electron chi connectivity index (χ0n) is 10.3. The molecule has 0 saturated heterocycles. The predicted molar refractivity (Wildman–Crippen MR) is 70.6 cm³/mol. The summed E-state index contributed by atoms with van der Waals surface area (Å²) in [5.74, 6) is 0. The Balaban J connectivity index is 2.00. The predicted octanol–water partition coefficient (Wildman–Crippen LogP) is 0.469. The van der Waals surface area contributed by atoms with Crippen molar-refractivity contribution in [2.75, 3.05) is 26.2 Å². The van der Waals surface area contributed by atoms with Crippen LogP contribution in [0.3, 0.4) is 0 Å². The Morgan fingerprint density at radius 3 is 2.71 bits per heavy atom. The lowest BCUT2D eigenvalue weighted by Crippen LogP contribution is -2.36. The van der Waals surface area contributed by atoms with Gasteiger partial charge in [-0.2, -0.15) is 0 Å². The first kappa shape index (κ1) is 14.1. The lowest BCUT2D eigenvalue weighted by molar-refractivity contribution is 0.114. The fourth-order valence-electron chi connectivity index (χ4n) is 1.49. The standard InChI is InChI=1S/C13H23N3O/c14-7-8-16-10-13(15)6-9-17-11-12-4-2-1-3-5-12/h1-5,13,16H,6-11,14-15H2. The van der Waals surface area contributed by atoms with E-state index in [1.807, 2.05) is 18.2 Å². The normalized spacial score (nSPS) is 12.6. The molecule has 0 spiro atoms. The molecule has 4 nitrogen and oxygen atoms in total. The topological polar surface area (TPSA) is 73.3 Å². The summed E-state index contributed by atoms with van der Waals surface area (Å²) < 4.78 is 5.56. The first-order valence-electron chi connectivity index (χ1n) is 6.11. The van der Waals surface area contributed by atoms with E-state index >= 15 is 0 Å².